The third kappa shape index (κ3) is 4.53. The predicted octanol–water partition coefficient (Wildman–Crippen LogP) is 4.73. The fourth-order valence-corrected chi connectivity index (χ4v) is 4.04. The lowest BCUT2D eigenvalue weighted by Gasteiger charge is -2.22. The molecule has 2 heterocycles. The predicted molar refractivity (Wildman–Crippen MR) is 108 cm³/mol. The zero-order valence-corrected chi connectivity index (χ0v) is 16.8. The maximum absolute atomic E-state index is 12.8. The highest BCUT2D eigenvalue weighted by molar-refractivity contribution is 6.30. The molecule has 1 aromatic heterocycles. The van der Waals surface area contributed by atoms with Crippen LogP contribution in [0.15, 0.2) is 52.2 Å². The molecule has 152 valence electrons. The van der Waals surface area contributed by atoms with Crippen LogP contribution >= 0.6 is 11.6 Å². The monoisotopic (exact) mass is 414 g/mol. The molecule has 4 rings (SSSR count). The summed E-state index contributed by atoms with van der Waals surface area (Å²) in [6, 6.07) is 10.6. The minimum absolute atomic E-state index is 0.0934. The number of esters is 1. The standard InChI is InChI=1S/C22H23ClN2O4/c23-17-10-8-15(9-11-17)18-13-19(20-7-4-12-28-20)25(24-18)21(26)14-29-22(27)16-5-2-1-3-6-16/h4,7-12,16,19H,1-3,5-6,13-14H2. The first-order valence-electron chi connectivity index (χ1n) is 9.97. The second-order valence-electron chi connectivity index (χ2n) is 7.47. The molecule has 1 saturated carbocycles. The van der Waals surface area contributed by atoms with Crippen molar-refractivity contribution >= 4 is 29.2 Å². The van der Waals surface area contributed by atoms with Gasteiger partial charge in [-0.3, -0.25) is 9.59 Å². The number of hydrogen-bond acceptors (Lipinski definition) is 5. The fraction of sp³-hybridized carbons (Fsp3) is 0.409. The van der Waals surface area contributed by atoms with Crippen LogP contribution in [0.5, 0.6) is 0 Å². The van der Waals surface area contributed by atoms with Crippen LogP contribution in [0.3, 0.4) is 0 Å². The van der Waals surface area contributed by atoms with E-state index >= 15 is 0 Å². The first-order chi connectivity index (χ1) is 14.1. The lowest BCUT2D eigenvalue weighted by Crippen LogP contribution is -2.32. The summed E-state index contributed by atoms with van der Waals surface area (Å²) in [5.74, 6) is -0.0954. The van der Waals surface area contributed by atoms with Crippen molar-refractivity contribution in [1.29, 1.82) is 0 Å². The maximum Gasteiger partial charge on any atom is 0.309 e. The fourth-order valence-electron chi connectivity index (χ4n) is 3.91. The van der Waals surface area contributed by atoms with Crippen molar-refractivity contribution in [3.05, 3.63) is 59.0 Å². The molecular weight excluding hydrogens is 392 g/mol. The van der Waals surface area contributed by atoms with Crippen LogP contribution in [-0.2, 0) is 14.3 Å². The van der Waals surface area contributed by atoms with Crippen molar-refractivity contribution < 1.29 is 18.7 Å². The van der Waals surface area contributed by atoms with Gasteiger partial charge >= 0.3 is 5.97 Å². The molecule has 6 nitrogen and oxygen atoms in total. The van der Waals surface area contributed by atoms with Crippen molar-refractivity contribution in [3.8, 4) is 0 Å². The number of carbonyl (C=O) groups excluding carboxylic acids is 2. The molecule has 2 aliphatic rings. The molecule has 1 aromatic carbocycles. The van der Waals surface area contributed by atoms with E-state index in [4.69, 9.17) is 20.8 Å². The summed E-state index contributed by atoms with van der Waals surface area (Å²) >= 11 is 5.97. The number of furan rings is 1. The summed E-state index contributed by atoms with van der Waals surface area (Å²) in [5, 5.41) is 6.53. The number of hydrogen-bond donors (Lipinski definition) is 0. The molecule has 1 amide bonds. The first kappa shape index (κ1) is 19.7. The van der Waals surface area contributed by atoms with Gasteiger partial charge in [0.15, 0.2) is 6.61 Å². The van der Waals surface area contributed by atoms with Gasteiger partial charge in [0.25, 0.3) is 5.91 Å². The van der Waals surface area contributed by atoms with Crippen molar-refractivity contribution in [1.82, 2.24) is 5.01 Å². The van der Waals surface area contributed by atoms with E-state index in [2.05, 4.69) is 5.10 Å². The van der Waals surface area contributed by atoms with Crippen LogP contribution in [0.1, 0.15) is 55.9 Å². The van der Waals surface area contributed by atoms with Gasteiger partial charge in [-0.25, -0.2) is 5.01 Å². The number of nitrogens with zero attached hydrogens (tertiary/aromatic N) is 2. The second kappa shape index (κ2) is 8.82. The molecule has 0 spiro atoms. The van der Waals surface area contributed by atoms with Gasteiger partial charge in [0.2, 0.25) is 0 Å². The molecule has 1 atom stereocenters. The van der Waals surface area contributed by atoms with Gasteiger partial charge in [-0.05, 0) is 42.7 Å². The number of carbonyl (C=O) groups is 2. The van der Waals surface area contributed by atoms with Gasteiger partial charge < -0.3 is 9.15 Å². The number of hydrazone groups is 1. The van der Waals surface area contributed by atoms with Gasteiger partial charge in [-0.1, -0.05) is 43.0 Å². The van der Waals surface area contributed by atoms with Crippen molar-refractivity contribution in [3.63, 3.8) is 0 Å². The molecule has 1 aliphatic carbocycles. The Morgan fingerprint density at radius 2 is 1.90 bits per heavy atom. The number of rotatable bonds is 5. The molecule has 29 heavy (non-hydrogen) atoms. The lowest BCUT2D eigenvalue weighted by molar-refractivity contribution is -0.157. The Balaban J connectivity index is 1.47. The highest BCUT2D eigenvalue weighted by Crippen LogP contribution is 2.33. The van der Waals surface area contributed by atoms with E-state index in [1.165, 1.54) is 5.01 Å². The van der Waals surface area contributed by atoms with Crippen LogP contribution in [0.25, 0.3) is 0 Å². The number of amides is 1. The minimum atomic E-state index is -0.364. The molecular formula is C22H23ClN2O4. The maximum atomic E-state index is 12.8. The molecule has 0 radical (unpaired) electrons. The zero-order valence-electron chi connectivity index (χ0n) is 16.1. The molecule has 1 aliphatic heterocycles. The Kier molecular flexibility index (Phi) is 6.00. The van der Waals surface area contributed by atoms with Gasteiger partial charge in [0.1, 0.15) is 11.8 Å². The molecule has 0 bridgehead atoms. The highest BCUT2D eigenvalue weighted by Gasteiger charge is 2.35. The van der Waals surface area contributed by atoms with Crippen LogP contribution in [0.2, 0.25) is 5.02 Å². The van der Waals surface area contributed by atoms with E-state index in [-0.39, 0.29) is 30.4 Å². The Morgan fingerprint density at radius 3 is 2.59 bits per heavy atom. The van der Waals surface area contributed by atoms with E-state index < -0.39 is 0 Å². The average molecular weight is 415 g/mol. The van der Waals surface area contributed by atoms with E-state index in [0.717, 1.165) is 43.4 Å². The van der Waals surface area contributed by atoms with Crippen LogP contribution < -0.4 is 0 Å². The summed E-state index contributed by atoms with van der Waals surface area (Å²) in [6.07, 6.45) is 6.99. The second-order valence-corrected chi connectivity index (χ2v) is 7.91. The largest absolute Gasteiger partial charge is 0.467 e. The first-order valence-corrected chi connectivity index (χ1v) is 10.3. The molecule has 1 unspecified atom stereocenters. The number of halogens is 1. The van der Waals surface area contributed by atoms with E-state index in [0.29, 0.717) is 17.2 Å². The summed E-state index contributed by atoms with van der Waals surface area (Å²) in [5.41, 5.74) is 1.65. The van der Waals surface area contributed by atoms with Crippen LogP contribution in [0, 0.1) is 5.92 Å². The van der Waals surface area contributed by atoms with Gasteiger partial charge in [0.05, 0.1) is 17.9 Å². The zero-order chi connectivity index (χ0) is 20.2. The van der Waals surface area contributed by atoms with Crippen molar-refractivity contribution in [2.75, 3.05) is 6.61 Å². The highest BCUT2D eigenvalue weighted by atomic mass is 35.5. The molecule has 0 N–H and O–H groups in total. The molecule has 0 saturated heterocycles. The summed E-state index contributed by atoms with van der Waals surface area (Å²) in [6.45, 7) is -0.316. The topological polar surface area (TPSA) is 72.1 Å². The number of ether oxygens (including phenoxy) is 1. The Labute approximate surface area is 174 Å². The molecule has 1 fully saturated rings. The van der Waals surface area contributed by atoms with Crippen molar-refractivity contribution in [2.24, 2.45) is 11.0 Å². The summed E-state index contributed by atoms with van der Waals surface area (Å²) in [7, 11) is 0. The van der Waals surface area contributed by atoms with Gasteiger partial charge in [-0.2, -0.15) is 5.10 Å². The third-order valence-corrected chi connectivity index (χ3v) is 5.74. The molecule has 7 heteroatoms. The normalized spacial score (nSPS) is 19.8. The number of benzene rings is 1. The van der Waals surface area contributed by atoms with Crippen LogP contribution in [0.4, 0.5) is 0 Å². The third-order valence-electron chi connectivity index (χ3n) is 5.49. The molecule has 2 aromatic rings. The minimum Gasteiger partial charge on any atom is -0.467 e. The Hall–Kier alpha value is -2.60. The quantitative estimate of drug-likeness (QED) is 0.663. The SMILES string of the molecule is O=C(OCC(=O)N1N=C(c2ccc(Cl)cc2)CC1c1ccco1)C1CCCCC1. The van der Waals surface area contributed by atoms with E-state index in [1.54, 1.807) is 24.5 Å². The van der Waals surface area contributed by atoms with Gasteiger partial charge in [0, 0.05) is 11.4 Å². The van der Waals surface area contributed by atoms with Crippen molar-refractivity contribution in [2.45, 2.75) is 44.6 Å². The summed E-state index contributed by atoms with van der Waals surface area (Å²) in [4.78, 5) is 25.1. The average Bonchev–Trinajstić information content (AvgIpc) is 3.43. The smallest absolute Gasteiger partial charge is 0.309 e. The Morgan fingerprint density at radius 1 is 1.14 bits per heavy atom. The Bertz CT molecular complexity index is 886. The van der Waals surface area contributed by atoms with Gasteiger partial charge in [-0.15, -0.1) is 0 Å². The van der Waals surface area contributed by atoms with E-state index in [1.807, 2.05) is 18.2 Å². The lowest BCUT2D eigenvalue weighted by atomic mass is 9.89. The summed E-state index contributed by atoms with van der Waals surface area (Å²) < 4.78 is 10.9. The van der Waals surface area contributed by atoms with E-state index in [9.17, 15) is 9.59 Å². The van der Waals surface area contributed by atoms with Crippen LogP contribution in [-0.4, -0.2) is 29.2 Å².